The summed E-state index contributed by atoms with van der Waals surface area (Å²) in [6.45, 7) is 2.33. The van der Waals surface area contributed by atoms with Crippen molar-refractivity contribution in [1.29, 1.82) is 0 Å². The number of rotatable bonds is 9. The van der Waals surface area contributed by atoms with Crippen molar-refractivity contribution < 1.29 is 17.9 Å². The van der Waals surface area contributed by atoms with Crippen LogP contribution in [0.15, 0.2) is 71.6 Å². The second kappa shape index (κ2) is 10.8. The molecular formula is C26H25ClN2O4S2. The standard InChI is InChI=1S/C26H25ClN2O4S2/c1-18-10-15-22(33-2)24-25(18)34-26(28-24)29(17-19-7-4-3-5-8-19)23(30)9-6-16-35(31,32)21-13-11-20(27)12-14-21/h3-5,7-8,10-15H,6,9,16-17H2,1-2H3. The smallest absolute Gasteiger partial charge is 0.229 e. The summed E-state index contributed by atoms with van der Waals surface area (Å²) < 4.78 is 31.8. The van der Waals surface area contributed by atoms with E-state index >= 15 is 0 Å². The molecule has 0 N–H and O–H groups in total. The molecule has 0 aliphatic rings. The molecule has 1 aromatic heterocycles. The first-order valence-electron chi connectivity index (χ1n) is 11.1. The van der Waals surface area contributed by atoms with E-state index in [4.69, 9.17) is 21.3 Å². The fourth-order valence-electron chi connectivity index (χ4n) is 3.72. The Balaban J connectivity index is 1.57. The van der Waals surface area contributed by atoms with Gasteiger partial charge in [0.1, 0.15) is 11.3 Å². The van der Waals surface area contributed by atoms with Gasteiger partial charge in [0.2, 0.25) is 5.91 Å². The maximum Gasteiger partial charge on any atom is 0.229 e. The van der Waals surface area contributed by atoms with E-state index in [1.54, 1.807) is 24.1 Å². The number of halogens is 1. The topological polar surface area (TPSA) is 76.6 Å². The van der Waals surface area contributed by atoms with E-state index in [2.05, 4.69) is 0 Å². The van der Waals surface area contributed by atoms with Gasteiger partial charge in [-0.25, -0.2) is 13.4 Å². The molecule has 0 spiro atoms. The zero-order valence-electron chi connectivity index (χ0n) is 19.4. The molecule has 9 heteroatoms. The van der Waals surface area contributed by atoms with Gasteiger partial charge in [-0.3, -0.25) is 9.69 Å². The lowest BCUT2D eigenvalue weighted by Crippen LogP contribution is -2.30. The number of thiazole rings is 1. The number of ether oxygens (including phenoxy) is 1. The van der Waals surface area contributed by atoms with Crippen molar-refractivity contribution in [3.05, 3.63) is 82.9 Å². The summed E-state index contributed by atoms with van der Waals surface area (Å²) >= 11 is 7.30. The molecule has 3 aromatic carbocycles. The van der Waals surface area contributed by atoms with Crippen LogP contribution < -0.4 is 9.64 Å². The lowest BCUT2D eigenvalue weighted by Gasteiger charge is -2.20. The summed E-state index contributed by atoms with van der Waals surface area (Å²) in [5, 5.41) is 1.03. The Morgan fingerprint density at radius 1 is 1.06 bits per heavy atom. The highest BCUT2D eigenvalue weighted by molar-refractivity contribution is 7.91. The zero-order chi connectivity index (χ0) is 25.0. The van der Waals surface area contributed by atoms with E-state index in [0.717, 1.165) is 15.8 Å². The largest absolute Gasteiger partial charge is 0.494 e. The van der Waals surface area contributed by atoms with Gasteiger partial charge in [-0.2, -0.15) is 0 Å². The van der Waals surface area contributed by atoms with E-state index in [9.17, 15) is 13.2 Å². The van der Waals surface area contributed by atoms with Gasteiger partial charge in [0.15, 0.2) is 15.0 Å². The van der Waals surface area contributed by atoms with E-state index < -0.39 is 9.84 Å². The lowest BCUT2D eigenvalue weighted by molar-refractivity contribution is -0.118. The number of anilines is 1. The highest BCUT2D eigenvalue weighted by atomic mass is 35.5. The zero-order valence-corrected chi connectivity index (χ0v) is 21.8. The van der Waals surface area contributed by atoms with Crippen LogP contribution in [-0.4, -0.2) is 32.2 Å². The number of aryl methyl sites for hydroxylation is 1. The monoisotopic (exact) mass is 528 g/mol. The van der Waals surface area contributed by atoms with Crippen molar-refractivity contribution >= 4 is 54.0 Å². The van der Waals surface area contributed by atoms with Crippen LogP contribution in [0.3, 0.4) is 0 Å². The molecule has 35 heavy (non-hydrogen) atoms. The summed E-state index contributed by atoms with van der Waals surface area (Å²) in [5.41, 5.74) is 2.71. The minimum atomic E-state index is -3.52. The average Bonchev–Trinajstić information content (AvgIpc) is 3.30. The van der Waals surface area contributed by atoms with E-state index in [1.165, 1.54) is 23.5 Å². The molecule has 0 aliphatic carbocycles. The van der Waals surface area contributed by atoms with Crippen LogP contribution in [0.2, 0.25) is 5.02 Å². The van der Waals surface area contributed by atoms with Crippen LogP contribution in [0, 0.1) is 6.92 Å². The summed E-state index contributed by atoms with van der Waals surface area (Å²) in [6, 6.07) is 19.5. The van der Waals surface area contributed by atoms with Crippen LogP contribution in [0.5, 0.6) is 5.75 Å². The predicted octanol–water partition coefficient (Wildman–Crippen LogP) is 6.05. The van der Waals surface area contributed by atoms with Gasteiger partial charge in [0.05, 0.1) is 29.0 Å². The van der Waals surface area contributed by atoms with E-state index in [1.807, 2.05) is 49.4 Å². The molecule has 1 amide bonds. The SMILES string of the molecule is COc1ccc(C)c2sc(N(Cc3ccccc3)C(=O)CCCS(=O)(=O)c3ccc(Cl)cc3)nc12. The van der Waals surface area contributed by atoms with Gasteiger partial charge in [0, 0.05) is 11.4 Å². The number of sulfone groups is 1. The number of amides is 1. The first-order chi connectivity index (χ1) is 16.8. The number of fused-ring (bicyclic) bond motifs is 1. The molecule has 1 heterocycles. The molecule has 0 bridgehead atoms. The highest BCUT2D eigenvalue weighted by Crippen LogP contribution is 2.37. The first kappa shape index (κ1) is 25.2. The minimum absolute atomic E-state index is 0.0751. The fourth-order valence-corrected chi connectivity index (χ4v) is 6.22. The maximum atomic E-state index is 13.4. The third-order valence-corrected chi connectivity index (χ3v) is 8.89. The van der Waals surface area contributed by atoms with Gasteiger partial charge in [-0.05, 0) is 54.8 Å². The molecular weight excluding hydrogens is 504 g/mol. The van der Waals surface area contributed by atoms with Crippen LogP contribution in [0.1, 0.15) is 24.0 Å². The quantitative estimate of drug-likeness (QED) is 0.264. The average molecular weight is 529 g/mol. The summed E-state index contributed by atoms with van der Waals surface area (Å²) in [4.78, 5) is 20.0. The Morgan fingerprint density at radius 2 is 1.77 bits per heavy atom. The van der Waals surface area contributed by atoms with Crippen molar-refractivity contribution in [2.75, 3.05) is 17.8 Å². The van der Waals surface area contributed by atoms with Crippen LogP contribution in [0.25, 0.3) is 10.2 Å². The third-order valence-electron chi connectivity index (χ3n) is 5.60. The molecule has 6 nitrogen and oxygen atoms in total. The van der Waals surface area contributed by atoms with Crippen molar-refractivity contribution in [2.45, 2.75) is 31.2 Å². The van der Waals surface area contributed by atoms with Crippen molar-refractivity contribution in [3.63, 3.8) is 0 Å². The van der Waals surface area contributed by atoms with Gasteiger partial charge >= 0.3 is 0 Å². The van der Waals surface area contributed by atoms with Crippen LogP contribution in [0.4, 0.5) is 5.13 Å². The normalized spacial score (nSPS) is 11.5. The van der Waals surface area contributed by atoms with Gasteiger partial charge in [-0.15, -0.1) is 0 Å². The maximum absolute atomic E-state index is 13.4. The van der Waals surface area contributed by atoms with Crippen molar-refractivity contribution in [2.24, 2.45) is 0 Å². The number of nitrogens with zero attached hydrogens (tertiary/aromatic N) is 2. The number of hydrogen-bond donors (Lipinski definition) is 0. The van der Waals surface area contributed by atoms with E-state index in [0.29, 0.717) is 28.0 Å². The molecule has 182 valence electrons. The Hall–Kier alpha value is -2.94. The number of aromatic nitrogens is 1. The molecule has 0 aliphatic heterocycles. The second-order valence-electron chi connectivity index (χ2n) is 8.10. The molecule has 0 atom stereocenters. The molecule has 4 aromatic rings. The first-order valence-corrected chi connectivity index (χ1v) is 13.9. The summed E-state index contributed by atoms with van der Waals surface area (Å²) in [7, 11) is -1.92. The summed E-state index contributed by atoms with van der Waals surface area (Å²) in [5.74, 6) is 0.330. The van der Waals surface area contributed by atoms with Crippen molar-refractivity contribution in [1.82, 2.24) is 4.98 Å². The van der Waals surface area contributed by atoms with Gasteiger partial charge < -0.3 is 4.74 Å². The molecule has 0 unspecified atom stereocenters. The van der Waals surface area contributed by atoms with Crippen LogP contribution in [-0.2, 0) is 21.2 Å². The molecule has 0 fully saturated rings. The van der Waals surface area contributed by atoms with Crippen LogP contribution >= 0.6 is 22.9 Å². The number of benzene rings is 3. The number of carbonyl (C=O) groups excluding carboxylic acids is 1. The molecule has 0 saturated heterocycles. The Kier molecular flexibility index (Phi) is 7.74. The number of carbonyl (C=O) groups is 1. The minimum Gasteiger partial charge on any atom is -0.494 e. The Morgan fingerprint density at radius 3 is 2.46 bits per heavy atom. The second-order valence-corrected chi connectivity index (χ2v) is 11.6. The fraction of sp³-hybridized carbons (Fsp3) is 0.231. The predicted molar refractivity (Wildman–Crippen MR) is 141 cm³/mol. The van der Waals surface area contributed by atoms with Gasteiger partial charge in [-0.1, -0.05) is 59.3 Å². The summed E-state index contributed by atoms with van der Waals surface area (Å²) in [6.07, 6.45) is 0.272. The number of methoxy groups -OCH3 is 1. The Labute approximate surface area is 214 Å². The number of hydrogen-bond acceptors (Lipinski definition) is 6. The third kappa shape index (κ3) is 5.83. The van der Waals surface area contributed by atoms with E-state index in [-0.39, 0.29) is 29.4 Å². The lowest BCUT2D eigenvalue weighted by atomic mass is 10.2. The van der Waals surface area contributed by atoms with Crippen molar-refractivity contribution in [3.8, 4) is 5.75 Å². The molecule has 4 rings (SSSR count). The highest BCUT2D eigenvalue weighted by Gasteiger charge is 2.23. The Bertz CT molecular complexity index is 1440. The molecule has 0 radical (unpaired) electrons. The molecule has 0 saturated carbocycles. The van der Waals surface area contributed by atoms with Gasteiger partial charge in [0.25, 0.3) is 0 Å².